The number of halogens is 6. The molecule has 0 aromatic rings. The summed E-state index contributed by atoms with van der Waals surface area (Å²) in [6, 6.07) is 0. The summed E-state index contributed by atoms with van der Waals surface area (Å²) in [4.78, 5) is 10.8. The predicted molar refractivity (Wildman–Crippen MR) is 52.0 cm³/mol. The smallest absolute Gasteiger partial charge is 0.426 e. The number of carbonyl (C=O) groups is 1. The number of rotatable bonds is 5. The van der Waals surface area contributed by atoms with E-state index in [9.17, 15) is 31.1 Å². The molecule has 1 unspecified atom stereocenters. The van der Waals surface area contributed by atoms with E-state index in [1.807, 2.05) is 0 Å². The second-order valence-corrected chi connectivity index (χ2v) is 3.73. The van der Waals surface area contributed by atoms with Gasteiger partial charge in [0, 0.05) is 12.5 Å². The molecule has 0 heterocycles. The lowest BCUT2D eigenvalue weighted by molar-refractivity contribution is -0.374. The molecule has 0 aliphatic carbocycles. The summed E-state index contributed by atoms with van der Waals surface area (Å²) in [6.07, 6.45) is -15.1. The van der Waals surface area contributed by atoms with Gasteiger partial charge >= 0.3 is 18.3 Å². The molecular formula is C10H12F6O3. The fraction of sp³-hybridized carbons (Fsp3) is 0.700. The van der Waals surface area contributed by atoms with Gasteiger partial charge in [0.05, 0.1) is 0 Å². The minimum absolute atomic E-state index is 0.325. The predicted octanol–water partition coefficient (Wildman–Crippen LogP) is 2.74. The van der Waals surface area contributed by atoms with Crippen molar-refractivity contribution in [2.45, 2.75) is 43.8 Å². The van der Waals surface area contributed by atoms with Gasteiger partial charge in [0.25, 0.3) is 5.60 Å². The van der Waals surface area contributed by atoms with E-state index in [4.69, 9.17) is 5.11 Å². The van der Waals surface area contributed by atoms with Gasteiger partial charge in [-0.2, -0.15) is 26.3 Å². The van der Waals surface area contributed by atoms with Gasteiger partial charge < -0.3 is 9.84 Å². The van der Waals surface area contributed by atoms with E-state index in [2.05, 4.69) is 11.3 Å². The quantitative estimate of drug-likeness (QED) is 0.482. The second kappa shape index (κ2) is 5.81. The monoisotopic (exact) mass is 294 g/mol. The minimum Gasteiger partial charge on any atom is -0.459 e. The average molecular weight is 294 g/mol. The molecule has 0 saturated heterocycles. The van der Waals surface area contributed by atoms with Crippen molar-refractivity contribution >= 4 is 5.97 Å². The van der Waals surface area contributed by atoms with Crippen LogP contribution in [0.4, 0.5) is 26.3 Å². The fourth-order valence-corrected chi connectivity index (χ4v) is 1.20. The van der Waals surface area contributed by atoms with Gasteiger partial charge in [-0.25, -0.2) is 4.79 Å². The largest absolute Gasteiger partial charge is 0.459 e. The Morgan fingerprint density at radius 1 is 1.26 bits per heavy atom. The van der Waals surface area contributed by atoms with Crippen molar-refractivity contribution in [2.24, 2.45) is 0 Å². The molecule has 19 heavy (non-hydrogen) atoms. The maximum Gasteiger partial charge on any atom is 0.426 e. The molecule has 0 bridgehead atoms. The van der Waals surface area contributed by atoms with Crippen LogP contribution in [0.3, 0.4) is 0 Å². The van der Waals surface area contributed by atoms with Crippen molar-refractivity contribution in [3.63, 3.8) is 0 Å². The number of hydrogen-bond donors (Lipinski definition) is 1. The van der Waals surface area contributed by atoms with Crippen LogP contribution in [0.15, 0.2) is 12.7 Å². The third kappa shape index (κ3) is 4.12. The molecule has 0 saturated carbocycles. The van der Waals surface area contributed by atoms with E-state index < -0.39 is 36.4 Å². The first-order valence-electron chi connectivity index (χ1n) is 5.08. The summed E-state index contributed by atoms with van der Waals surface area (Å²) in [5.41, 5.74) is -4.93. The summed E-state index contributed by atoms with van der Waals surface area (Å²) in [5, 5.41) is 8.90. The van der Waals surface area contributed by atoms with E-state index in [0.29, 0.717) is 6.08 Å². The maximum atomic E-state index is 12.4. The van der Waals surface area contributed by atoms with Crippen molar-refractivity contribution in [2.75, 3.05) is 0 Å². The van der Waals surface area contributed by atoms with Crippen LogP contribution >= 0.6 is 0 Å². The first kappa shape index (κ1) is 17.8. The number of hydrogen-bond acceptors (Lipinski definition) is 3. The van der Waals surface area contributed by atoms with E-state index in [-0.39, 0.29) is 6.42 Å². The molecule has 112 valence electrons. The van der Waals surface area contributed by atoms with E-state index >= 15 is 0 Å². The van der Waals surface area contributed by atoms with Gasteiger partial charge in [-0.05, 0) is 6.42 Å². The third-order valence-corrected chi connectivity index (χ3v) is 2.37. The summed E-state index contributed by atoms with van der Waals surface area (Å²) in [7, 11) is 0. The molecule has 0 spiro atoms. The zero-order valence-electron chi connectivity index (χ0n) is 9.81. The lowest BCUT2D eigenvalue weighted by Gasteiger charge is -2.34. The minimum atomic E-state index is -5.93. The highest BCUT2D eigenvalue weighted by molar-refractivity contribution is 5.81. The first-order chi connectivity index (χ1) is 8.39. The number of alkyl halides is 6. The van der Waals surface area contributed by atoms with Crippen LogP contribution in [0.1, 0.15) is 19.8 Å². The molecule has 1 atom stereocenters. The Morgan fingerprint density at radius 2 is 1.68 bits per heavy atom. The molecule has 9 heteroatoms. The van der Waals surface area contributed by atoms with Crippen molar-refractivity contribution in [1.29, 1.82) is 0 Å². The maximum absolute atomic E-state index is 12.4. The van der Waals surface area contributed by atoms with Crippen molar-refractivity contribution < 1.29 is 41.0 Å². The SMILES string of the molecule is C=CC(=O)OC(CC)CC(O)(C(F)(F)F)C(F)(F)F. The highest BCUT2D eigenvalue weighted by atomic mass is 19.4. The molecule has 0 radical (unpaired) electrons. The van der Waals surface area contributed by atoms with Crippen LogP contribution in [0.5, 0.6) is 0 Å². The van der Waals surface area contributed by atoms with E-state index in [1.54, 1.807) is 0 Å². The van der Waals surface area contributed by atoms with Crippen LogP contribution in [-0.2, 0) is 9.53 Å². The van der Waals surface area contributed by atoms with Gasteiger partial charge in [-0.3, -0.25) is 0 Å². The van der Waals surface area contributed by atoms with Gasteiger partial charge in [-0.15, -0.1) is 0 Å². The number of ether oxygens (including phenoxy) is 1. The van der Waals surface area contributed by atoms with E-state index in [1.165, 1.54) is 6.92 Å². The molecule has 0 amide bonds. The standard InChI is InChI=1S/C10H12F6O3/c1-3-6(19-7(17)4-2)5-8(18,9(11,12)13)10(14,15)16/h4,6,18H,2-3,5H2,1H3. The summed E-state index contributed by atoms with van der Waals surface area (Å²) in [5.74, 6) is -1.17. The Morgan fingerprint density at radius 3 is 1.95 bits per heavy atom. The molecule has 0 aromatic heterocycles. The lowest BCUT2D eigenvalue weighted by Crippen LogP contribution is -2.58. The van der Waals surface area contributed by atoms with Crippen LogP contribution in [0.2, 0.25) is 0 Å². The third-order valence-electron chi connectivity index (χ3n) is 2.37. The molecule has 3 nitrogen and oxygen atoms in total. The highest BCUT2D eigenvalue weighted by Crippen LogP contribution is 2.46. The molecule has 0 aliphatic heterocycles. The van der Waals surface area contributed by atoms with Crippen LogP contribution < -0.4 is 0 Å². The van der Waals surface area contributed by atoms with Gasteiger partial charge in [0.2, 0.25) is 0 Å². The number of esters is 1. The Bertz CT molecular complexity index is 319. The zero-order chi connectivity index (χ0) is 15.5. The summed E-state index contributed by atoms with van der Waals surface area (Å²) < 4.78 is 78.6. The second-order valence-electron chi connectivity index (χ2n) is 3.73. The van der Waals surface area contributed by atoms with Gasteiger partial charge in [-0.1, -0.05) is 13.5 Å². The molecule has 0 aliphatic rings. The molecule has 1 N–H and O–H groups in total. The van der Waals surface area contributed by atoms with Crippen LogP contribution in [0, 0.1) is 0 Å². The average Bonchev–Trinajstić information content (AvgIpc) is 2.24. The molecule has 0 aromatic carbocycles. The highest BCUT2D eigenvalue weighted by Gasteiger charge is 2.70. The Kier molecular flexibility index (Phi) is 5.42. The van der Waals surface area contributed by atoms with Crippen LogP contribution in [0.25, 0.3) is 0 Å². The lowest BCUT2D eigenvalue weighted by atomic mass is 9.93. The Hall–Kier alpha value is -1.25. The Balaban J connectivity index is 5.22. The van der Waals surface area contributed by atoms with Crippen molar-refractivity contribution in [1.82, 2.24) is 0 Å². The molecule has 0 fully saturated rings. The van der Waals surface area contributed by atoms with Crippen LogP contribution in [-0.4, -0.2) is 35.1 Å². The zero-order valence-corrected chi connectivity index (χ0v) is 9.81. The molecular weight excluding hydrogens is 282 g/mol. The van der Waals surface area contributed by atoms with Gasteiger partial charge in [0.1, 0.15) is 6.10 Å². The topological polar surface area (TPSA) is 46.5 Å². The van der Waals surface area contributed by atoms with Crippen molar-refractivity contribution in [3.05, 3.63) is 12.7 Å². The first-order valence-corrected chi connectivity index (χ1v) is 5.08. The fourth-order valence-electron chi connectivity index (χ4n) is 1.20. The van der Waals surface area contributed by atoms with E-state index in [0.717, 1.165) is 0 Å². The van der Waals surface area contributed by atoms with Crippen molar-refractivity contribution in [3.8, 4) is 0 Å². The normalized spacial score (nSPS) is 14.9. The number of aliphatic hydroxyl groups is 1. The number of carbonyl (C=O) groups excluding carboxylic acids is 1. The van der Waals surface area contributed by atoms with Gasteiger partial charge in [0.15, 0.2) is 0 Å². The molecule has 0 rings (SSSR count). The summed E-state index contributed by atoms with van der Waals surface area (Å²) in [6.45, 7) is 4.18. The Labute approximate surface area is 104 Å². The summed E-state index contributed by atoms with van der Waals surface area (Å²) >= 11 is 0.